The SMILES string of the molecule is NN=CNc1cccc(C(=O)NCc2cccc(C(CC(=O)O)c3ccccc3)c2)c1. The highest BCUT2D eigenvalue weighted by molar-refractivity contribution is 5.95. The van der Waals surface area contributed by atoms with Crippen LogP contribution in [0.3, 0.4) is 0 Å². The lowest BCUT2D eigenvalue weighted by atomic mass is 9.88. The maximum Gasteiger partial charge on any atom is 0.304 e. The van der Waals surface area contributed by atoms with Crippen LogP contribution >= 0.6 is 0 Å². The van der Waals surface area contributed by atoms with Crippen molar-refractivity contribution in [2.75, 3.05) is 5.32 Å². The Balaban J connectivity index is 1.73. The first-order valence-electron chi connectivity index (χ1n) is 9.79. The summed E-state index contributed by atoms with van der Waals surface area (Å²) < 4.78 is 0. The average molecular weight is 416 g/mol. The Bertz CT molecular complexity index is 1070. The summed E-state index contributed by atoms with van der Waals surface area (Å²) in [4.78, 5) is 24.0. The number of carbonyl (C=O) groups excluding carboxylic acids is 1. The Morgan fingerprint density at radius 3 is 2.45 bits per heavy atom. The fraction of sp³-hybridized carbons (Fsp3) is 0.125. The van der Waals surface area contributed by atoms with Crippen molar-refractivity contribution in [3.63, 3.8) is 0 Å². The first-order valence-corrected chi connectivity index (χ1v) is 9.79. The van der Waals surface area contributed by atoms with Crippen molar-refractivity contribution < 1.29 is 14.7 Å². The van der Waals surface area contributed by atoms with Gasteiger partial charge in [-0.05, 0) is 34.9 Å². The molecule has 3 rings (SSSR count). The number of nitrogens with zero attached hydrogens (tertiary/aromatic N) is 1. The van der Waals surface area contributed by atoms with Crippen molar-refractivity contribution in [1.82, 2.24) is 5.32 Å². The van der Waals surface area contributed by atoms with Gasteiger partial charge in [-0.2, -0.15) is 5.10 Å². The second-order valence-electron chi connectivity index (χ2n) is 6.99. The van der Waals surface area contributed by atoms with E-state index in [0.29, 0.717) is 17.8 Å². The van der Waals surface area contributed by atoms with Gasteiger partial charge in [0.25, 0.3) is 5.91 Å². The third-order valence-corrected chi connectivity index (χ3v) is 4.82. The van der Waals surface area contributed by atoms with Gasteiger partial charge in [0, 0.05) is 23.7 Å². The first-order chi connectivity index (χ1) is 15.1. The van der Waals surface area contributed by atoms with Crippen LogP contribution in [0.25, 0.3) is 0 Å². The highest BCUT2D eigenvalue weighted by Gasteiger charge is 2.18. The van der Waals surface area contributed by atoms with Crippen molar-refractivity contribution in [3.8, 4) is 0 Å². The topological polar surface area (TPSA) is 117 Å². The van der Waals surface area contributed by atoms with Gasteiger partial charge in [-0.1, -0.05) is 60.7 Å². The van der Waals surface area contributed by atoms with Crippen LogP contribution < -0.4 is 16.5 Å². The fourth-order valence-corrected chi connectivity index (χ4v) is 3.35. The minimum Gasteiger partial charge on any atom is -0.481 e. The van der Waals surface area contributed by atoms with E-state index in [0.717, 1.165) is 16.7 Å². The highest BCUT2D eigenvalue weighted by Crippen LogP contribution is 2.28. The number of carboxylic acids is 1. The number of nitrogens with two attached hydrogens (primary N) is 1. The molecule has 0 saturated carbocycles. The molecule has 1 unspecified atom stereocenters. The minimum absolute atomic E-state index is 0.00821. The molecule has 0 saturated heterocycles. The third kappa shape index (κ3) is 6.17. The van der Waals surface area contributed by atoms with Crippen LogP contribution in [-0.4, -0.2) is 23.3 Å². The minimum atomic E-state index is -0.860. The summed E-state index contributed by atoms with van der Waals surface area (Å²) in [6, 6.07) is 24.2. The molecule has 1 amide bonds. The van der Waals surface area contributed by atoms with Crippen molar-refractivity contribution >= 4 is 23.9 Å². The van der Waals surface area contributed by atoms with E-state index in [4.69, 9.17) is 5.84 Å². The van der Waals surface area contributed by atoms with Crippen LogP contribution in [0.1, 0.15) is 39.4 Å². The van der Waals surface area contributed by atoms with Crippen LogP contribution in [0.5, 0.6) is 0 Å². The molecule has 0 radical (unpaired) electrons. The lowest BCUT2D eigenvalue weighted by molar-refractivity contribution is -0.137. The van der Waals surface area contributed by atoms with Gasteiger partial charge in [0.05, 0.1) is 6.42 Å². The lowest BCUT2D eigenvalue weighted by Gasteiger charge is -2.17. The Hall–Kier alpha value is -4.13. The van der Waals surface area contributed by atoms with E-state index in [9.17, 15) is 14.7 Å². The number of carboxylic acid groups (broad SMARTS) is 1. The number of aliphatic carboxylic acids is 1. The van der Waals surface area contributed by atoms with E-state index in [1.807, 2.05) is 54.6 Å². The molecule has 3 aromatic carbocycles. The first kappa shape index (κ1) is 21.6. The van der Waals surface area contributed by atoms with Crippen molar-refractivity contribution in [2.45, 2.75) is 18.9 Å². The van der Waals surface area contributed by atoms with Gasteiger partial charge in [-0.25, -0.2) is 0 Å². The summed E-state index contributed by atoms with van der Waals surface area (Å²) >= 11 is 0. The van der Waals surface area contributed by atoms with Gasteiger partial charge in [-0.3, -0.25) is 9.59 Å². The van der Waals surface area contributed by atoms with Crippen molar-refractivity contribution in [3.05, 3.63) is 101 Å². The molecule has 0 aromatic heterocycles. The summed E-state index contributed by atoms with van der Waals surface area (Å²) in [5.41, 5.74) is 3.92. The zero-order chi connectivity index (χ0) is 22.1. The van der Waals surface area contributed by atoms with E-state index >= 15 is 0 Å². The van der Waals surface area contributed by atoms with Gasteiger partial charge in [0.1, 0.15) is 6.34 Å². The van der Waals surface area contributed by atoms with Crippen LogP contribution in [0.4, 0.5) is 5.69 Å². The van der Waals surface area contributed by atoms with Crippen molar-refractivity contribution in [2.24, 2.45) is 10.9 Å². The number of hydrazone groups is 1. The normalized spacial score (nSPS) is 11.7. The standard InChI is InChI=1S/C24H24N4O3/c25-28-16-27-21-11-5-10-20(13-21)24(31)26-15-17-6-4-9-19(12-17)22(14-23(29)30)18-7-2-1-3-8-18/h1-13,16,22H,14-15,25H2,(H,26,31)(H,27,28)(H,29,30). The Kier molecular flexibility index (Phi) is 7.37. The predicted octanol–water partition coefficient (Wildman–Crippen LogP) is 3.54. The number of hydrogen-bond acceptors (Lipinski definition) is 4. The molecular formula is C24H24N4O3. The van der Waals surface area contributed by atoms with Crippen LogP contribution in [0.15, 0.2) is 84.0 Å². The van der Waals surface area contributed by atoms with Crippen LogP contribution in [0, 0.1) is 0 Å². The zero-order valence-corrected chi connectivity index (χ0v) is 16.9. The van der Waals surface area contributed by atoms with E-state index in [1.54, 1.807) is 24.3 Å². The quantitative estimate of drug-likeness (QED) is 0.184. The molecule has 158 valence electrons. The fourth-order valence-electron chi connectivity index (χ4n) is 3.35. The largest absolute Gasteiger partial charge is 0.481 e. The van der Waals surface area contributed by atoms with E-state index in [1.165, 1.54) is 6.34 Å². The van der Waals surface area contributed by atoms with Crippen molar-refractivity contribution in [1.29, 1.82) is 0 Å². The maximum atomic E-state index is 12.6. The van der Waals surface area contributed by atoms with Crippen LogP contribution in [-0.2, 0) is 11.3 Å². The smallest absolute Gasteiger partial charge is 0.304 e. The molecule has 0 heterocycles. The molecule has 1 atom stereocenters. The van der Waals surface area contributed by atoms with E-state index in [2.05, 4.69) is 15.7 Å². The summed E-state index contributed by atoms with van der Waals surface area (Å²) in [5, 5.41) is 18.5. The number of benzene rings is 3. The number of hydrogen-bond donors (Lipinski definition) is 4. The Morgan fingerprint density at radius 2 is 1.71 bits per heavy atom. The number of anilines is 1. The van der Waals surface area contributed by atoms with Gasteiger partial charge in [0.2, 0.25) is 0 Å². The molecular weight excluding hydrogens is 392 g/mol. The highest BCUT2D eigenvalue weighted by atomic mass is 16.4. The number of amides is 1. The Morgan fingerprint density at radius 1 is 0.968 bits per heavy atom. The lowest BCUT2D eigenvalue weighted by Crippen LogP contribution is -2.23. The molecule has 0 aliphatic carbocycles. The molecule has 3 aromatic rings. The van der Waals surface area contributed by atoms with Gasteiger partial charge in [-0.15, -0.1) is 0 Å². The monoisotopic (exact) mass is 416 g/mol. The predicted molar refractivity (Wildman–Crippen MR) is 121 cm³/mol. The molecule has 31 heavy (non-hydrogen) atoms. The second kappa shape index (κ2) is 10.6. The molecule has 0 bridgehead atoms. The van der Waals surface area contributed by atoms with Gasteiger partial charge >= 0.3 is 5.97 Å². The summed E-state index contributed by atoms with van der Waals surface area (Å²) in [6.45, 7) is 0.323. The van der Waals surface area contributed by atoms with E-state index < -0.39 is 5.97 Å². The zero-order valence-electron chi connectivity index (χ0n) is 16.9. The van der Waals surface area contributed by atoms with E-state index in [-0.39, 0.29) is 18.2 Å². The second-order valence-corrected chi connectivity index (χ2v) is 6.99. The molecule has 5 N–H and O–H groups in total. The number of rotatable bonds is 9. The molecule has 0 fully saturated rings. The maximum absolute atomic E-state index is 12.6. The van der Waals surface area contributed by atoms with Crippen LogP contribution in [0.2, 0.25) is 0 Å². The summed E-state index contributed by atoms with van der Waals surface area (Å²) in [5.74, 6) is 3.74. The molecule has 7 heteroatoms. The average Bonchev–Trinajstić information content (AvgIpc) is 2.80. The number of nitrogens with one attached hydrogen (secondary N) is 2. The Labute approximate surface area is 180 Å². The summed E-state index contributed by atoms with van der Waals surface area (Å²) in [6.07, 6.45) is 1.33. The van der Waals surface area contributed by atoms with Gasteiger partial charge in [0.15, 0.2) is 0 Å². The molecule has 0 aliphatic heterocycles. The number of carbonyl (C=O) groups is 2. The third-order valence-electron chi connectivity index (χ3n) is 4.82. The van der Waals surface area contributed by atoms with Gasteiger partial charge < -0.3 is 21.6 Å². The summed E-state index contributed by atoms with van der Waals surface area (Å²) in [7, 11) is 0. The molecule has 0 aliphatic rings. The molecule has 7 nitrogen and oxygen atoms in total. The molecule has 0 spiro atoms.